The van der Waals surface area contributed by atoms with Crippen LogP contribution in [0, 0.1) is 5.82 Å². The molecule has 0 fully saturated rings. The van der Waals surface area contributed by atoms with Crippen LogP contribution in [0.25, 0.3) is 0 Å². The smallest absolute Gasteiger partial charge is 0.230 e. The molecule has 0 atom stereocenters. The fourth-order valence-corrected chi connectivity index (χ4v) is 1.43. The van der Waals surface area contributed by atoms with E-state index in [1.807, 2.05) is 6.92 Å². The molecule has 88 valence electrons. The Balaban J connectivity index is 3.06. The molecule has 1 aromatic carbocycles. The normalized spacial score (nSPS) is 11.2. The van der Waals surface area contributed by atoms with Gasteiger partial charge >= 0.3 is 0 Å². The summed E-state index contributed by atoms with van der Waals surface area (Å²) >= 11 is 0. The molecule has 1 amide bonds. The average Bonchev–Trinajstić information content (AvgIpc) is 2.22. The number of carbonyl (C=O) groups is 1. The first-order valence-electron chi connectivity index (χ1n) is 5.23. The van der Waals surface area contributed by atoms with Crippen molar-refractivity contribution >= 4 is 11.6 Å². The summed E-state index contributed by atoms with van der Waals surface area (Å²) in [6, 6.07) is 4.46. The number of hydrogen-bond acceptors (Lipinski definition) is 2. The van der Waals surface area contributed by atoms with Crippen LogP contribution < -0.4 is 11.1 Å². The molecule has 0 aromatic heterocycles. The number of nitrogens with two attached hydrogens (primary N) is 1. The van der Waals surface area contributed by atoms with Gasteiger partial charge in [0.1, 0.15) is 5.82 Å². The van der Waals surface area contributed by atoms with Crippen molar-refractivity contribution in [3.8, 4) is 0 Å². The fraction of sp³-hybridized carbons (Fsp3) is 0.417. The average molecular weight is 224 g/mol. The van der Waals surface area contributed by atoms with E-state index in [4.69, 9.17) is 5.73 Å². The van der Waals surface area contributed by atoms with E-state index >= 15 is 0 Å². The zero-order valence-electron chi connectivity index (χ0n) is 9.80. The number of nitrogen functional groups attached to an aromatic ring is 1. The summed E-state index contributed by atoms with van der Waals surface area (Å²) in [5, 5.41) is 2.73. The van der Waals surface area contributed by atoms with E-state index in [9.17, 15) is 9.18 Å². The van der Waals surface area contributed by atoms with Gasteiger partial charge in [0.15, 0.2) is 0 Å². The summed E-state index contributed by atoms with van der Waals surface area (Å²) in [5.74, 6) is -0.617. The molecular weight excluding hydrogens is 207 g/mol. The lowest BCUT2D eigenvalue weighted by molar-refractivity contribution is -0.125. The van der Waals surface area contributed by atoms with Crippen LogP contribution >= 0.6 is 0 Å². The van der Waals surface area contributed by atoms with E-state index in [2.05, 4.69) is 5.32 Å². The Bertz CT molecular complexity index is 402. The fourth-order valence-electron chi connectivity index (χ4n) is 1.43. The minimum absolute atomic E-state index is 0.0930. The highest BCUT2D eigenvalue weighted by Crippen LogP contribution is 2.25. The second-order valence-corrected chi connectivity index (χ2v) is 4.22. The molecule has 0 aliphatic rings. The van der Waals surface area contributed by atoms with Crippen LogP contribution in [0.1, 0.15) is 26.3 Å². The van der Waals surface area contributed by atoms with Crippen LogP contribution in [-0.2, 0) is 10.2 Å². The van der Waals surface area contributed by atoms with E-state index in [0.29, 0.717) is 12.1 Å². The van der Waals surface area contributed by atoms with Gasteiger partial charge in [-0.05, 0) is 38.5 Å². The lowest BCUT2D eigenvalue weighted by Gasteiger charge is -2.24. The van der Waals surface area contributed by atoms with Crippen molar-refractivity contribution in [3.63, 3.8) is 0 Å². The van der Waals surface area contributed by atoms with Crippen molar-refractivity contribution < 1.29 is 9.18 Å². The van der Waals surface area contributed by atoms with Crippen molar-refractivity contribution in [2.45, 2.75) is 26.2 Å². The second kappa shape index (κ2) is 4.51. The van der Waals surface area contributed by atoms with Crippen LogP contribution in [0.5, 0.6) is 0 Å². The van der Waals surface area contributed by atoms with Crippen LogP contribution in [0.2, 0.25) is 0 Å². The van der Waals surface area contributed by atoms with Gasteiger partial charge < -0.3 is 11.1 Å². The van der Waals surface area contributed by atoms with E-state index in [0.717, 1.165) is 0 Å². The maximum atomic E-state index is 13.3. The number of amides is 1. The standard InChI is InChI=1S/C12H17FN2O/c1-4-15-11(16)12(2,3)8-5-6-10(14)9(13)7-8/h5-7H,4,14H2,1-3H3,(H,15,16). The molecule has 0 unspecified atom stereocenters. The van der Waals surface area contributed by atoms with Gasteiger partial charge in [-0.3, -0.25) is 4.79 Å². The summed E-state index contributed by atoms with van der Waals surface area (Å²) in [6.07, 6.45) is 0. The first-order valence-corrected chi connectivity index (χ1v) is 5.23. The van der Waals surface area contributed by atoms with E-state index in [-0.39, 0.29) is 11.6 Å². The van der Waals surface area contributed by atoms with Gasteiger partial charge in [-0.15, -0.1) is 0 Å². The lowest BCUT2D eigenvalue weighted by atomic mass is 9.83. The lowest BCUT2D eigenvalue weighted by Crippen LogP contribution is -2.40. The molecule has 1 aromatic rings. The molecule has 0 heterocycles. The third-order valence-corrected chi connectivity index (χ3v) is 2.63. The van der Waals surface area contributed by atoms with Gasteiger partial charge in [0.25, 0.3) is 0 Å². The Hall–Kier alpha value is -1.58. The van der Waals surface area contributed by atoms with Crippen molar-refractivity contribution in [2.24, 2.45) is 0 Å². The molecule has 1 rings (SSSR count). The third kappa shape index (κ3) is 2.32. The topological polar surface area (TPSA) is 55.1 Å². The van der Waals surface area contributed by atoms with Crippen molar-refractivity contribution in [1.29, 1.82) is 0 Å². The van der Waals surface area contributed by atoms with Gasteiger partial charge in [-0.2, -0.15) is 0 Å². The molecule has 3 N–H and O–H groups in total. The minimum Gasteiger partial charge on any atom is -0.396 e. The van der Waals surface area contributed by atoms with Crippen LogP contribution in [0.15, 0.2) is 18.2 Å². The summed E-state index contributed by atoms with van der Waals surface area (Å²) in [7, 11) is 0. The Kier molecular flexibility index (Phi) is 3.52. The van der Waals surface area contributed by atoms with Crippen molar-refractivity contribution in [1.82, 2.24) is 5.32 Å². The molecule has 0 aliphatic carbocycles. The molecule has 0 saturated carbocycles. The highest BCUT2D eigenvalue weighted by molar-refractivity contribution is 5.87. The molecule has 3 nitrogen and oxygen atoms in total. The number of hydrogen-bond donors (Lipinski definition) is 2. The first-order chi connectivity index (χ1) is 7.39. The minimum atomic E-state index is -0.759. The van der Waals surface area contributed by atoms with Crippen molar-refractivity contribution in [2.75, 3.05) is 12.3 Å². The molecule has 4 heteroatoms. The van der Waals surface area contributed by atoms with Gasteiger partial charge in [0.2, 0.25) is 5.91 Å². The van der Waals surface area contributed by atoms with Gasteiger partial charge in [0.05, 0.1) is 11.1 Å². The van der Waals surface area contributed by atoms with Gasteiger partial charge in [0, 0.05) is 6.54 Å². The summed E-state index contributed by atoms with van der Waals surface area (Å²) in [6.45, 7) is 5.91. The summed E-state index contributed by atoms with van der Waals surface area (Å²) in [4.78, 5) is 11.8. The molecular formula is C12H17FN2O. The largest absolute Gasteiger partial charge is 0.396 e. The van der Waals surface area contributed by atoms with Crippen LogP contribution in [-0.4, -0.2) is 12.5 Å². The number of carbonyl (C=O) groups excluding carboxylic acids is 1. The zero-order valence-corrected chi connectivity index (χ0v) is 9.80. The molecule has 0 saturated heterocycles. The number of likely N-dealkylation sites (N-methyl/N-ethyl adjacent to an activating group) is 1. The zero-order chi connectivity index (χ0) is 12.3. The highest BCUT2D eigenvalue weighted by Gasteiger charge is 2.29. The van der Waals surface area contributed by atoms with E-state index < -0.39 is 11.2 Å². The Labute approximate surface area is 94.8 Å². The van der Waals surface area contributed by atoms with E-state index in [1.165, 1.54) is 12.1 Å². The Morgan fingerprint density at radius 2 is 2.12 bits per heavy atom. The second-order valence-electron chi connectivity index (χ2n) is 4.22. The maximum absolute atomic E-state index is 13.3. The van der Waals surface area contributed by atoms with Crippen molar-refractivity contribution in [3.05, 3.63) is 29.6 Å². The number of nitrogens with one attached hydrogen (secondary N) is 1. The van der Waals surface area contributed by atoms with Crippen LogP contribution in [0.3, 0.4) is 0 Å². The first kappa shape index (κ1) is 12.5. The Morgan fingerprint density at radius 3 is 2.62 bits per heavy atom. The Morgan fingerprint density at radius 1 is 1.50 bits per heavy atom. The van der Waals surface area contributed by atoms with Gasteiger partial charge in [-0.1, -0.05) is 6.07 Å². The SMILES string of the molecule is CCNC(=O)C(C)(C)c1ccc(N)c(F)c1. The molecule has 0 aliphatic heterocycles. The van der Waals surface area contributed by atoms with Crippen LogP contribution in [0.4, 0.5) is 10.1 Å². The molecule has 0 radical (unpaired) electrons. The molecule has 0 spiro atoms. The predicted molar refractivity (Wildman–Crippen MR) is 62.5 cm³/mol. The summed E-state index contributed by atoms with van der Waals surface area (Å²) in [5.41, 5.74) is 5.34. The number of anilines is 1. The highest BCUT2D eigenvalue weighted by atomic mass is 19.1. The maximum Gasteiger partial charge on any atom is 0.230 e. The quantitative estimate of drug-likeness (QED) is 0.769. The number of halogens is 1. The predicted octanol–water partition coefficient (Wildman–Crippen LogP) is 1.82. The monoisotopic (exact) mass is 224 g/mol. The number of benzene rings is 1. The molecule has 0 bridgehead atoms. The molecule has 16 heavy (non-hydrogen) atoms. The number of rotatable bonds is 3. The summed E-state index contributed by atoms with van der Waals surface area (Å²) < 4.78 is 13.3. The third-order valence-electron chi connectivity index (χ3n) is 2.63. The van der Waals surface area contributed by atoms with E-state index in [1.54, 1.807) is 19.9 Å². The van der Waals surface area contributed by atoms with Gasteiger partial charge in [-0.25, -0.2) is 4.39 Å².